The minimum Gasteiger partial charge on any atom is -0.339 e. The molecule has 0 saturated carbocycles. The average molecular weight is 417 g/mol. The third-order valence-corrected chi connectivity index (χ3v) is 6.37. The Balaban J connectivity index is 1.47. The van der Waals surface area contributed by atoms with Gasteiger partial charge >= 0.3 is 0 Å². The van der Waals surface area contributed by atoms with Crippen LogP contribution in [-0.2, 0) is 5.41 Å². The molecule has 3 aromatic rings. The smallest absolute Gasteiger partial charge is 0.255 e. The van der Waals surface area contributed by atoms with Gasteiger partial charge < -0.3 is 14.3 Å². The maximum atomic E-state index is 13.2. The predicted octanol–water partition coefficient (Wildman–Crippen LogP) is 2.33. The van der Waals surface area contributed by atoms with Gasteiger partial charge in [0.15, 0.2) is 5.82 Å². The molecule has 2 atom stereocenters. The van der Waals surface area contributed by atoms with Crippen molar-refractivity contribution < 1.29 is 14.1 Å². The minimum atomic E-state index is -0.582. The van der Waals surface area contributed by atoms with Gasteiger partial charge in [-0.3, -0.25) is 14.6 Å². The number of hydrogen-bond donors (Lipinski definition) is 0. The molecule has 8 heteroatoms. The zero-order valence-electron chi connectivity index (χ0n) is 17.3. The molecule has 2 fully saturated rings. The Morgan fingerprint density at radius 2 is 1.77 bits per heavy atom. The molecule has 1 aromatic carbocycles. The van der Waals surface area contributed by atoms with Crippen molar-refractivity contribution in [1.29, 1.82) is 0 Å². The van der Waals surface area contributed by atoms with E-state index in [1.165, 1.54) is 0 Å². The summed E-state index contributed by atoms with van der Waals surface area (Å²) in [5, 5.41) is 4.00. The Hall–Kier alpha value is -3.55. The van der Waals surface area contributed by atoms with E-state index < -0.39 is 5.41 Å². The second kappa shape index (κ2) is 7.61. The highest BCUT2D eigenvalue weighted by Gasteiger charge is 2.56. The first-order valence-electron chi connectivity index (χ1n) is 10.4. The Labute approximate surface area is 179 Å². The summed E-state index contributed by atoms with van der Waals surface area (Å²) < 4.78 is 5.63. The summed E-state index contributed by atoms with van der Waals surface area (Å²) in [5.74, 6) is 1.09. The number of aryl methyl sites for hydroxylation is 1. The van der Waals surface area contributed by atoms with E-state index in [0.29, 0.717) is 49.0 Å². The molecule has 5 rings (SSSR count). The number of nitrogens with zero attached hydrogens (tertiary/aromatic N) is 5. The van der Waals surface area contributed by atoms with Crippen molar-refractivity contribution in [1.82, 2.24) is 24.9 Å². The van der Waals surface area contributed by atoms with Crippen LogP contribution in [-0.4, -0.2) is 62.9 Å². The van der Waals surface area contributed by atoms with Gasteiger partial charge in [-0.05, 0) is 43.5 Å². The third kappa shape index (κ3) is 3.37. The number of carbonyl (C=O) groups is 2. The van der Waals surface area contributed by atoms with Gasteiger partial charge in [-0.2, -0.15) is 4.98 Å². The second-order valence-corrected chi connectivity index (χ2v) is 8.31. The second-order valence-electron chi connectivity index (χ2n) is 8.31. The number of piperidine rings is 1. The molecule has 2 aliphatic rings. The molecule has 0 bridgehead atoms. The number of fused-ring (bicyclic) bond motifs is 1. The predicted molar refractivity (Wildman–Crippen MR) is 111 cm³/mol. The van der Waals surface area contributed by atoms with Crippen LogP contribution in [0.1, 0.15) is 38.9 Å². The summed E-state index contributed by atoms with van der Waals surface area (Å²) in [6.45, 7) is 3.85. The summed E-state index contributed by atoms with van der Waals surface area (Å²) in [6, 6.07) is 12.8. The Bertz CT molecular complexity index is 1050. The summed E-state index contributed by atoms with van der Waals surface area (Å²) in [7, 11) is 0. The van der Waals surface area contributed by atoms with Crippen molar-refractivity contribution in [3.8, 4) is 0 Å². The van der Waals surface area contributed by atoms with Crippen molar-refractivity contribution in [3.05, 3.63) is 77.7 Å². The number of likely N-dealkylation sites (tertiary alicyclic amines) is 2. The van der Waals surface area contributed by atoms with Crippen LogP contribution in [0.3, 0.4) is 0 Å². The molecule has 0 radical (unpaired) electrons. The fourth-order valence-electron chi connectivity index (χ4n) is 4.83. The number of carbonyl (C=O) groups excluding carboxylic acids is 2. The number of pyridine rings is 1. The molecule has 2 aliphatic heterocycles. The van der Waals surface area contributed by atoms with Crippen LogP contribution in [0.15, 0.2) is 59.4 Å². The Morgan fingerprint density at radius 1 is 1.03 bits per heavy atom. The van der Waals surface area contributed by atoms with Crippen LogP contribution in [0.4, 0.5) is 0 Å². The fourth-order valence-corrected chi connectivity index (χ4v) is 4.83. The number of benzene rings is 1. The normalized spacial score (nSPS) is 22.9. The summed E-state index contributed by atoms with van der Waals surface area (Å²) in [5.41, 5.74) is 0.622. The van der Waals surface area contributed by atoms with Crippen molar-refractivity contribution >= 4 is 11.8 Å². The number of rotatable bonds is 3. The van der Waals surface area contributed by atoms with E-state index in [-0.39, 0.29) is 17.7 Å². The van der Waals surface area contributed by atoms with Crippen molar-refractivity contribution in [2.75, 3.05) is 26.2 Å². The molecule has 0 spiro atoms. The van der Waals surface area contributed by atoms with Crippen LogP contribution < -0.4 is 0 Å². The van der Waals surface area contributed by atoms with E-state index in [1.807, 2.05) is 40.1 Å². The lowest BCUT2D eigenvalue weighted by atomic mass is 9.73. The highest BCUT2D eigenvalue weighted by molar-refractivity contribution is 5.95. The van der Waals surface area contributed by atoms with Crippen molar-refractivity contribution in [2.24, 2.45) is 5.92 Å². The van der Waals surface area contributed by atoms with E-state index in [2.05, 4.69) is 15.1 Å². The van der Waals surface area contributed by atoms with E-state index in [9.17, 15) is 9.59 Å². The van der Waals surface area contributed by atoms with E-state index in [0.717, 1.165) is 6.42 Å². The van der Waals surface area contributed by atoms with Crippen molar-refractivity contribution in [3.63, 3.8) is 0 Å². The van der Waals surface area contributed by atoms with Crippen molar-refractivity contribution in [2.45, 2.75) is 18.8 Å². The molecule has 0 unspecified atom stereocenters. The van der Waals surface area contributed by atoms with Crippen LogP contribution in [0, 0.1) is 12.8 Å². The molecule has 31 heavy (non-hydrogen) atoms. The fraction of sp³-hybridized carbons (Fsp3) is 0.348. The number of amides is 2. The molecular formula is C23H23N5O3. The monoisotopic (exact) mass is 417 g/mol. The highest BCUT2D eigenvalue weighted by atomic mass is 16.5. The van der Waals surface area contributed by atoms with E-state index in [4.69, 9.17) is 4.52 Å². The topological polar surface area (TPSA) is 92.4 Å². The molecule has 158 valence electrons. The zero-order valence-corrected chi connectivity index (χ0v) is 17.3. The Morgan fingerprint density at radius 3 is 2.48 bits per heavy atom. The zero-order chi connectivity index (χ0) is 21.4. The summed E-state index contributed by atoms with van der Waals surface area (Å²) >= 11 is 0. The van der Waals surface area contributed by atoms with Crippen LogP contribution in [0.2, 0.25) is 0 Å². The molecule has 2 saturated heterocycles. The molecule has 4 heterocycles. The lowest BCUT2D eigenvalue weighted by Gasteiger charge is -2.41. The van der Waals surface area contributed by atoms with Crippen LogP contribution in [0.25, 0.3) is 0 Å². The molecule has 0 N–H and O–H groups in total. The third-order valence-electron chi connectivity index (χ3n) is 6.37. The SMILES string of the molecule is Cc1noc([C@]23CN(C(=O)c4cccnc4)CC[C@H]2CN(C(=O)c2ccccc2)C3)n1. The van der Waals surface area contributed by atoms with Gasteiger partial charge in [0.05, 0.1) is 11.0 Å². The molecule has 8 nitrogen and oxygen atoms in total. The largest absolute Gasteiger partial charge is 0.339 e. The van der Waals surface area contributed by atoms with Gasteiger partial charge in [0.2, 0.25) is 5.89 Å². The van der Waals surface area contributed by atoms with Gasteiger partial charge in [0.25, 0.3) is 11.8 Å². The number of hydrogen-bond acceptors (Lipinski definition) is 6. The van der Waals surface area contributed by atoms with E-state index in [1.54, 1.807) is 31.5 Å². The standard InChI is InChI=1S/C23H23N5O3/c1-16-25-22(31-26-16)23-14-27(21(30)18-8-5-10-24-12-18)11-9-19(23)13-28(15-23)20(29)17-6-3-2-4-7-17/h2-8,10,12,19H,9,11,13-15H2,1H3/t19-,23-/m0/s1. The minimum absolute atomic E-state index is 0.0178. The van der Waals surface area contributed by atoms with Gasteiger partial charge in [-0.15, -0.1) is 0 Å². The lowest BCUT2D eigenvalue weighted by Crippen LogP contribution is -2.53. The number of aromatic nitrogens is 3. The van der Waals surface area contributed by atoms with Gasteiger partial charge in [0, 0.05) is 44.1 Å². The average Bonchev–Trinajstić information content (AvgIpc) is 3.43. The Kier molecular flexibility index (Phi) is 4.77. The first kappa shape index (κ1) is 19.4. The van der Waals surface area contributed by atoms with E-state index >= 15 is 0 Å². The van der Waals surface area contributed by atoms with Crippen LogP contribution >= 0.6 is 0 Å². The van der Waals surface area contributed by atoms with Gasteiger partial charge in [-0.25, -0.2) is 0 Å². The highest BCUT2D eigenvalue weighted by Crippen LogP contribution is 2.44. The first-order valence-corrected chi connectivity index (χ1v) is 10.4. The molecule has 0 aliphatic carbocycles. The first-order chi connectivity index (χ1) is 15.1. The quantitative estimate of drug-likeness (QED) is 0.649. The maximum Gasteiger partial charge on any atom is 0.255 e. The van der Waals surface area contributed by atoms with Crippen LogP contribution in [0.5, 0.6) is 0 Å². The maximum absolute atomic E-state index is 13.2. The van der Waals surface area contributed by atoms with Gasteiger partial charge in [-0.1, -0.05) is 23.4 Å². The summed E-state index contributed by atoms with van der Waals surface area (Å²) in [6.07, 6.45) is 3.99. The summed E-state index contributed by atoms with van der Waals surface area (Å²) in [4.78, 5) is 38.6. The van der Waals surface area contributed by atoms with Gasteiger partial charge in [0.1, 0.15) is 0 Å². The molecule has 2 aromatic heterocycles. The molecular weight excluding hydrogens is 394 g/mol. The lowest BCUT2D eigenvalue weighted by molar-refractivity contribution is 0.0535. The molecule has 2 amide bonds.